The molecular formula is C29H20ClNO7. The number of ether oxygens (including phenoxy) is 2. The fourth-order valence-electron chi connectivity index (χ4n) is 5.72. The molecule has 9 heteroatoms. The fourth-order valence-corrected chi connectivity index (χ4v) is 5.96. The fraction of sp³-hybridized carbons (Fsp3) is 0.207. The summed E-state index contributed by atoms with van der Waals surface area (Å²) in [4.78, 5) is 68.5. The molecule has 3 aromatic rings. The summed E-state index contributed by atoms with van der Waals surface area (Å²) in [5.74, 6) is -5.76. The van der Waals surface area contributed by atoms with Crippen molar-refractivity contribution < 1.29 is 33.4 Å². The van der Waals surface area contributed by atoms with Crippen LogP contribution in [0.25, 0.3) is 0 Å². The summed E-state index contributed by atoms with van der Waals surface area (Å²) in [7, 11) is 0. The molecule has 1 aliphatic carbocycles. The highest BCUT2D eigenvalue weighted by Gasteiger charge is 2.74. The molecule has 2 saturated heterocycles. The smallest absolute Gasteiger partial charge is 0.338 e. The molecule has 3 aromatic carbocycles. The molecule has 0 N–H and O–H groups in total. The third-order valence-corrected chi connectivity index (χ3v) is 7.71. The second-order valence-electron chi connectivity index (χ2n) is 9.28. The number of hydrogen-bond acceptors (Lipinski definition) is 7. The first kappa shape index (κ1) is 24.2. The topological polar surface area (TPSA) is 107 Å². The number of nitrogens with zero attached hydrogens (tertiary/aromatic N) is 1. The number of amides is 2. The minimum Gasteiger partial charge on any atom is -0.462 e. The molecule has 38 heavy (non-hydrogen) atoms. The molecular weight excluding hydrogens is 510 g/mol. The summed E-state index contributed by atoms with van der Waals surface area (Å²) in [6, 6.07) is 18.7. The lowest BCUT2D eigenvalue weighted by Gasteiger charge is -2.27. The third kappa shape index (κ3) is 3.17. The maximum atomic E-state index is 14.0. The number of fused-ring (bicyclic) bond motifs is 3. The lowest BCUT2D eigenvalue weighted by molar-refractivity contribution is -0.127. The van der Waals surface area contributed by atoms with E-state index in [1.165, 1.54) is 36.4 Å². The summed E-state index contributed by atoms with van der Waals surface area (Å²) in [6.45, 7) is 1.88. The molecule has 190 valence electrons. The van der Waals surface area contributed by atoms with Crippen LogP contribution in [0.15, 0.2) is 72.8 Å². The van der Waals surface area contributed by atoms with Crippen molar-refractivity contribution in [3.63, 3.8) is 0 Å². The Labute approximate surface area is 222 Å². The van der Waals surface area contributed by atoms with Gasteiger partial charge in [-0.05, 0) is 37.3 Å². The van der Waals surface area contributed by atoms with Crippen LogP contribution < -0.4 is 4.90 Å². The summed E-state index contributed by atoms with van der Waals surface area (Å²) in [6.07, 6.45) is -1.11. The first-order chi connectivity index (χ1) is 18.3. The first-order valence-corrected chi connectivity index (χ1v) is 12.4. The number of carbonyl (C=O) groups is 5. The van der Waals surface area contributed by atoms with Gasteiger partial charge < -0.3 is 9.47 Å². The number of esters is 1. The van der Waals surface area contributed by atoms with Gasteiger partial charge in [0.2, 0.25) is 29.0 Å². The Morgan fingerprint density at radius 2 is 1.50 bits per heavy atom. The number of halogens is 1. The van der Waals surface area contributed by atoms with Crippen molar-refractivity contribution in [1.29, 1.82) is 0 Å². The van der Waals surface area contributed by atoms with Crippen LogP contribution in [0.4, 0.5) is 5.69 Å². The molecule has 0 saturated carbocycles. The van der Waals surface area contributed by atoms with Gasteiger partial charge in [0.05, 0.1) is 35.8 Å². The van der Waals surface area contributed by atoms with Gasteiger partial charge in [-0.3, -0.25) is 19.2 Å². The number of rotatable bonds is 4. The molecule has 2 fully saturated rings. The predicted molar refractivity (Wildman–Crippen MR) is 135 cm³/mol. The molecule has 2 aliphatic heterocycles. The zero-order valence-electron chi connectivity index (χ0n) is 20.1. The van der Waals surface area contributed by atoms with E-state index in [9.17, 15) is 24.0 Å². The molecule has 2 heterocycles. The van der Waals surface area contributed by atoms with Gasteiger partial charge in [0.25, 0.3) is 0 Å². The van der Waals surface area contributed by atoms with Crippen LogP contribution in [0, 0.1) is 11.8 Å². The van der Waals surface area contributed by atoms with Crippen LogP contribution in [0.5, 0.6) is 0 Å². The van der Waals surface area contributed by atoms with Crippen molar-refractivity contribution >= 4 is 46.6 Å². The summed E-state index contributed by atoms with van der Waals surface area (Å²) >= 11 is 6.46. The van der Waals surface area contributed by atoms with Gasteiger partial charge in [-0.2, -0.15) is 0 Å². The minimum absolute atomic E-state index is 0.147. The Morgan fingerprint density at radius 3 is 2.11 bits per heavy atom. The third-order valence-electron chi connectivity index (χ3n) is 7.37. The Morgan fingerprint density at radius 1 is 0.895 bits per heavy atom. The molecule has 6 rings (SSSR count). The van der Waals surface area contributed by atoms with E-state index < -0.39 is 52.9 Å². The molecule has 0 radical (unpaired) electrons. The van der Waals surface area contributed by atoms with E-state index in [1.807, 2.05) is 0 Å². The van der Waals surface area contributed by atoms with Crippen LogP contribution in [0.3, 0.4) is 0 Å². The molecule has 0 unspecified atom stereocenters. The minimum atomic E-state index is -2.19. The highest BCUT2D eigenvalue weighted by Crippen LogP contribution is 2.58. The Bertz CT molecular complexity index is 1510. The molecule has 3 atom stereocenters. The molecule has 0 bridgehead atoms. The molecule has 3 aliphatic rings. The van der Waals surface area contributed by atoms with E-state index >= 15 is 0 Å². The van der Waals surface area contributed by atoms with Crippen molar-refractivity contribution in [2.24, 2.45) is 11.8 Å². The van der Waals surface area contributed by atoms with Gasteiger partial charge in [0.15, 0.2) is 0 Å². The maximum Gasteiger partial charge on any atom is 0.338 e. The lowest BCUT2D eigenvalue weighted by Crippen LogP contribution is -2.51. The number of anilines is 1. The second kappa shape index (κ2) is 8.72. The van der Waals surface area contributed by atoms with E-state index in [1.54, 1.807) is 43.3 Å². The van der Waals surface area contributed by atoms with Crippen molar-refractivity contribution in [1.82, 2.24) is 0 Å². The highest BCUT2D eigenvalue weighted by atomic mass is 35.5. The number of Topliss-reactive ketones (excluding diaryl/α,β-unsaturated/α-hetero) is 2. The lowest BCUT2D eigenvalue weighted by atomic mass is 9.77. The summed E-state index contributed by atoms with van der Waals surface area (Å²) < 4.78 is 11.2. The van der Waals surface area contributed by atoms with Crippen LogP contribution in [-0.4, -0.2) is 41.6 Å². The SMILES string of the molecule is CCOC(=O)c1ccc(N2C(=O)[C@@H]3[C@@H](c4ccccc4Cl)OC4(C(=O)c5ccccc5C4=O)[C@H]3C2=O)cc1. The predicted octanol–water partition coefficient (Wildman–Crippen LogP) is 4.21. The largest absolute Gasteiger partial charge is 0.462 e. The number of carbonyl (C=O) groups excluding carboxylic acids is 5. The van der Waals surface area contributed by atoms with Crippen molar-refractivity contribution in [3.8, 4) is 0 Å². The van der Waals surface area contributed by atoms with E-state index in [4.69, 9.17) is 21.1 Å². The van der Waals surface area contributed by atoms with Gasteiger partial charge in [0, 0.05) is 21.7 Å². The highest BCUT2D eigenvalue weighted by molar-refractivity contribution is 6.37. The average molecular weight is 530 g/mol. The van der Waals surface area contributed by atoms with Crippen molar-refractivity contribution in [2.75, 3.05) is 11.5 Å². The maximum absolute atomic E-state index is 14.0. The number of hydrogen-bond donors (Lipinski definition) is 0. The summed E-state index contributed by atoms with van der Waals surface area (Å²) in [5, 5.41) is 0.279. The van der Waals surface area contributed by atoms with E-state index in [0.717, 1.165) is 4.90 Å². The standard InChI is InChI=1S/C29H20ClNO7/c1-2-37-28(36)15-11-13-16(14-12-15)31-26(34)21-22(27(31)35)29(38-23(21)19-9-5-6-10-20(19)30)24(32)17-7-3-4-8-18(17)25(29)33/h3-14,21-23H,2H2,1H3/t21-,22+,23+/m0/s1. The van der Waals surface area contributed by atoms with Gasteiger partial charge in [-0.1, -0.05) is 54.1 Å². The Balaban J connectivity index is 1.48. The second-order valence-corrected chi connectivity index (χ2v) is 9.69. The first-order valence-electron chi connectivity index (χ1n) is 12.1. The van der Waals surface area contributed by atoms with Gasteiger partial charge in [0.1, 0.15) is 0 Å². The molecule has 1 spiro atoms. The average Bonchev–Trinajstić information content (AvgIpc) is 3.49. The van der Waals surface area contributed by atoms with Crippen molar-refractivity contribution in [2.45, 2.75) is 18.6 Å². The van der Waals surface area contributed by atoms with Crippen molar-refractivity contribution in [3.05, 3.63) is 100 Å². The van der Waals surface area contributed by atoms with Crippen LogP contribution >= 0.6 is 11.6 Å². The molecule has 8 nitrogen and oxygen atoms in total. The zero-order chi connectivity index (χ0) is 26.8. The quantitative estimate of drug-likeness (QED) is 0.283. The number of imide groups is 1. The van der Waals surface area contributed by atoms with E-state index in [0.29, 0.717) is 5.56 Å². The molecule has 0 aromatic heterocycles. The van der Waals surface area contributed by atoms with Crippen LogP contribution in [0.2, 0.25) is 5.02 Å². The number of ketones is 2. The monoisotopic (exact) mass is 529 g/mol. The van der Waals surface area contributed by atoms with E-state index in [-0.39, 0.29) is 34.0 Å². The zero-order valence-corrected chi connectivity index (χ0v) is 20.8. The van der Waals surface area contributed by atoms with E-state index in [2.05, 4.69) is 0 Å². The van der Waals surface area contributed by atoms with Gasteiger partial charge >= 0.3 is 5.97 Å². The van der Waals surface area contributed by atoms with Crippen LogP contribution in [-0.2, 0) is 19.1 Å². The van der Waals surface area contributed by atoms with Gasteiger partial charge in [-0.15, -0.1) is 0 Å². The Kier molecular flexibility index (Phi) is 5.55. The summed E-state index contributed by atoms with van der Waals surface area (Å²) in [5.41, 5.74) is -1.05. The normalized spacial score (nSPS) is 23.2. The Hall–Kier alpha value is -4.14. The van der Waals surface area contributed by atoms with Gasteiger partial charge in [-0.25, -0.2) is 9.69 Å². The molecule has 2 amide bonds. The number of benzene rings is 3. The van der Waals surface area contributed by atoms with Crippen LogP contribution in [0.1, 0.15) is 49.7 Å².